The highest BCUT2D eigenvalue weighted by atomic mass is 32.2. The van der Waals surface area contributed by atoms with Gasteiger partial charge < -0.3 is 5.32 Å². The van der Waals surface area contributed by atoms with Gasteiger partial charge in [-0.2, -0.15) is 0 Å². The molecule has 0 aromatic heterocycles. The van der Waals surface area contributed by atoms with Gasteiger partial charge in [-0.15, -0.1) is 11.8 Å². The third-order valence-corrected chi connectivity index (χ3v) is 6.59. The molecule has 1 aliphatic rings. The molecule has 0 saturated carbocycles. The van der Waals surface area contributed by atoms with Crippen LogP contribution in [0.1, 0.15) is 45.5 Å². The van der Waals surface area contributed by atoms with Gasteiger partial charge in [0.05, 0.1) is 0 Å². The van der Waals surface area contributed by atoms with Gasteiger partial charge in [-0.05, 0) is 81.6 Å². The lowest BCUT2D eigenvalue weighted by Gasteiger charge is -2.32. The number of carbonyl (C=O) groups excluding carboxylic acids is 1. The SMILES string of the molecule is CSc1ccccc1CN1CCC(CNC(=O)c2c(C)cc(C)cc2C)CC1. The molecular weight excluding hydrogens is 364 g/mol. The quantitative estimate of drug-likeness (QED) is 0.699. The van der Waals surface area contributed by atoms with E-state index in [1.807, 2.05) is 25.6 Å². The van der Waals surface area contributed by atoms with Gasteiger partial charge in [-0.3, -0.25) is 9.69 Å². The summed E-state index contributed by atoms with van der Waals surface area (Å²) in [5.74, 6) is 0.647. The number of piperidine rings is 1. The number of likely N-dealkylation sites (tertiary alicyclic amines) is 1. The number of aryl methyl sites for hydroxylation is 3. The smallest absolute Gasteiger partial charge is 0.251 e. The lowest BCUT2D eigenvalue weighted by atomic mass is 9.95. The minimum atomic E-state index is 0.0753. The van der Waals surface area contributed by atoms with E-state index in [9.17, 15) is 4.79 Å². The first-order valence-corrected chi connectivity index (χ1v) is 11.4. The molecule has 2 aromatic carbocycles. The second-order valence-corrected chi connectivity index (χ2v) is 8.86. The summed E-state index contributed by atoms with van der Waals surface area (Å²) in [6.45, 7) is 10.1. The van der Waals surface area contributed by atoms with E-state index < -0.39 is 0 Å². The first kappa shape index (κ1) is 20.9. The van der Waals surface area contributed by atoms with Gasteiger partial charge in [-0.1, -0.05) is 35.9 Å². The van der Waals surface area contributed by atoms with Crippen LogP contribution in [0.15, 0.2) is 41.3 Å². The van der Waals surface area contributed by atoms with Crippen LogP contribution in [0.2, 0.25) is 0 Å². The van der Waals surface area contributed by atoms with Gasteiger partial charge in [0.25, 0.3) is 5.91 Å². The number of hydrogen-bond donors (Lipinski definition) is 1. The molecule has 1 aliphatic heterocycles. The van der Waals surface area contributed by atoms with Crippen LogP contribution in [0.3, 0.4) is 0 Å². The Hall–Kier alpha value is -1.78. The summed E-state index contributed by atoms with van der Waals surface area (Å²) in [4.78, 5) is 16.6. The molecule has 1 N–H and O–H groups in total. The number of rotatable bonds is 6. The molecule has 0 unspecified atom stereocenters. The third-order valence-electron chi connectivity index (χ3n) is 5.75. The van der Waals surface area contributed by atoms with Crippen molar-refractivity contribution in [2.75, 3.05) is 25.9 Å². The molecular formula is C24H32N2OS. The lowest BCUT2D eigenvalue weighted by Crippen LogP contribution is -2.38. The van der Waals surface area contributed by atoms with Gasteiger partial charge in [0.1, 0.15) is 0 Å². The predicted octanol–water partition coefficient (Wildman–Crippen LogP) is 4.98. The Balaban J connectivity index is 1.49. The van der Waals surface area contributed by atoms with Crippen LogP contribution in [-0.2, 0) is 6.54 Å². The maximum atomic E-state index is 12.7. The topological polar surface area (TPSA) is 32.3 Å². The number of carbonyl (C=O) groups is 1. The highest BCUT2D eigenvalue weighted by Crippen LogP contribution is 2.24. The number of hydrogen-bond acceptors (Lipinski definition) is 3. The summed E-state index contributed by atoms with van der Waals surface area (Å²) in [6, 6.07) is 12.9. The van der Waals surface area contributed by atoms with Crippen LogP contribution >= 0.6 is 11.8 Å². The number of amides is 1. The van der Waals surface area contributed by atoms with E-state index in [-0.39, 0.29) is 5.91 Å². The van der Waals surface area contributed by atoms with E-state index in [0.29, 0.717) is 5.92 Å². The Morgan fingerprint density at radius 2 is 1.75 bits per heavy atom. The highest BCUT2D eigenvalue weighted by Gasteiger charge is 2.21. The van der Waals surface area contributed by atoms with Crippen LogP contribution in [0, 0.1) is 26.7 Å². The lowest BCUT2D eigenvalue weighted by molar-refractivity contribution is 0.0934. The second-order valence-electron chi connectivity index (χ2n) is 8.02. The molecule has 0 atom stereocenters. The normalized spacial score (nSPS) is 15.6. The fourth-order valence-electron chi connectivity index (χ4n) is 4.29. The van der Waals surface area contributed by atoms with Gasteiger partial charge in [0.15, 0.2) is 0 Å². The average Bonchev–Trinajstić information content (AvgIpc) is 2.67. The molecule has 0 spiro atoms. The largest absolute Gasteiger partial charge is 0.352 e. The predicted molar refractivity (Wildman–Crippen MR) is 119 cm³/mol. The van der Waals surface area contributed by atoms with E-state index in [1.54, 1.807) is 0 Å². The maximum absolute atomic E-state index is 12.7. The van der Waals surface area contributed by atoms with Gasteiger partial charge in [-0.25, -0.2) is 0 Å². The van der Waals surface area contributed by atoms with Crippen molar-refractivity contribution in [1.82, 2.24) is 10.2 Å². The summed E-state index contributed by atoms with van der Waals surface area (Å²) >= 11 is 1.82. The van der Waals surface area contributed by atoms with E-state index >= 15 is 0 Å². The zero-order chi connectivity index (χ0) is 20.1. The van der Waals surface area contributed by atoms with Crippen molar-refractivity contribution >= 4 is 17.7 Å². The number of nitrogens with one attached hydrogen (secondary N) is 1. The van der Waals surface area contributed by atoms with E-state index in [4.69, 9.17) is 0 Å². The second kappa shape index (κ2) is 9.62. The van der Waals surface area contributed by atoms with Crippen LogP contribution in [0.5, 0.6) is 0 Å². The zero-order valence-corrected chi connectivity index (χ0v) is 18.4. The Bertz CT molecular complexity index is 802. The molecule has 28 heavy (non-hydrogen) atoms. The molecule has 150 valence electrons. The van der Waals surface area contributed by atoms with Crippen molar-refractivity contribution in [2.24, 2.45) is 5.92 Å². The fourth-order valence-corrected chi connectivity index (χ4v) is 4.90. The van der Waals surface area contributed by atoms with Gasteiger partial charge >= 0.3 is 0 Å². The fraction of sp³-hybridized carbons (Fsp3) is 0.458. The highest BCUT2D eigenvalue weighted by molar-refractivity contribution is 7.98. The molecule has 4 heteroatoms. The van der Waals surface area contributed by atoms with Crippen LogP contribution in [0.25, 0.3) is 0 Å². The molecule has 3 rings (SSSR count). The summed E-state index contributed by atoms with van der Waals surface area (Å²) in [5.41, 5.74) is 5.61. The van der Waals surface area contributed by atoms with Crippen LogP contribution in [-0.4, -0.2) is 36.7 Å². The van der Waals surface area contributed by atoms with Crippen LogP contribution in [0.4, 0.5) is 0 Å². The molecule has 3 nitrogen and oxygen atoms in total. The molecule has 1 amide bonds. The minimum absolute atomic E-state index is 0.0753. The standard InChI is InChI=1S/C24H32N2OS/c1-17-13-18(2)23(19(3)14-17)24(27)25-15-20-9-11-26(12-10-20)16-21-7-5-6-8-22(21)28-4/h5-8,13-14,20H,9-12,15-16H2,1-4H3,(H,25,27). The average molecular weight is 397 g/mol. The van der Waals surface area contributed by atoms with Crippen molar-refractivity contribution in [3.8, 4) is 0 Å². The van der Waals surface area contributed by atoms with E-state index in [0.717, 1.165) is 55.7 Å². The molecule has 0 bridgehead atoms. The number of nitrogens with zero attached hydrogens (tertiary/aromatic N) is 1. The first-order valence-electron chi connectivity index (χ1n) is 10.2. The Morgan fingerprint density at radius 1 is 1.11 bits per heavy atom. The molecule has 1 saturated heterocycles. The van der Waals surface area contributed by atoms with E-state index in [1.165, 1.54) is 16.0 Å². The van der Waals surface area contributed by atoms with Gasteiger partial charge in [0, 0.05) is 23.5 Å². The van der Waals surface area contributed by atoms with Crippen molar-refractivity contribution in [2.45, 2.75) is 45.1 Å². The molecule has 0 radical (unpaired) electrons. The van der Waals surface area contributed by atoms with Crippen LogP contribution < -0.4 is 5.32 Å². The van der Waals surface area contributed by atoms with Crippen molar-refractivity contribution in [3.63, 3.8) is 0 Å². The first-order chi connectivity index (χ1) is 13.5. The molecule has 0 aliphatic carbocycles. The monoisotopic (exact) mass is 396 g/mol. The zero-order valence-electron chi connectivity index (χ0n) is 17.5. The number of thioether (sulfide) groups is 1. The summed E-state index contributed by atoms with van der Waals surface area (Å²) in [7, 11) is 0. The third kappa shape index (κ3) is 5.18. The van der Waals surface area contributed by atoms with Gasteiger partial charge in [0.2, 0.25) is 0 Å². The Morgan fingerprint density at radius 3 is 2.39 bits per heavy atom. The maximum Gasteiger partial charge on any atom is 0.251 e. The van der Waals surface area contributed by atoms with E-state index in [2.05, 4.69) is 59.8 Å². The summed E-state index contributed by atoms with van der Waals surface area (Å²) in [5, 5.41) is 3.19. The van der Waals surface area contributed by atoms with Crippen molar-refractivity contribution < 1.29 is 4.79 Å². The van der Waals surface area contributed by atoms with Crippen molar-refractivity contribution in [3.05, 3.63) is 64.2 Å². The molecule has 1 fully saturated rings. The molecule has 2 aromatic rings. The number of benzene rings is 2. The van der Waals surface area contributed by atoms with Crippen molar-refractivity contribution in [1.29, 1.82) is 0 Å². The Kier molecular flexibility index (Phi) is 7.19. The Labute approximate surface area is 173 Å². The summed E-state index contributed by atoms with van der Waals surface area (Å²) in [6.07, 6.45) is 4.44. The summed E-state index contributed by atoms with van der Waals surface area (Å²) < 4.78 is 0. The molecule has 1 heterocycles. The minimum Gasteiger partial charge on any atom is -0.352 e.